The molecule has 0 aliphatic carbocycles. The zero-order valence-corrected chi connectivity index (χ0v) is 18.8. The maximum atomic E-state index is 11.9. The van der Waals surface area contributed by atoms with Gasteiger partial charge in [-0.2, -0.15) is 0 Å². The minimum Gasteiger partial charge on any atom is -0.368 e. The molecule has 0 radical (unpaired) electrons. The number of aromatic nitrogens is 2. The molecule has 2 atom stereocenters. The fourth-order valence-corrected chi connectivity index (χ4v) is 3.92. The maximum Gasteiger partial charge on any atom is 0.240 e. The summed E-state index contributed by atoms with van der Waals surface area (Å²) in [4.78, 5) is 26.5. The highest BCUT2D eigenvalue weighted by Gasteiger charge is 2.23. The molecule has 1 aromatic carbocycles. The van der Waals surface area contributed by atoms with E-state index in [9.17, 15) is 4.79 Å². The third kappa shape index (κ3) is 5.67. The van der Waals surface area contributed by atoms with Gasteiger partial charge in [0.15, 0.2) is 0 Å². The summed E-state index contributed by atoms with van der Waals surface area (Å²) in [5.41, 5.74) is 6.50. The Morgan fingerprint density at radius 3 is 2.40 bits per heavy atom. The second kappa shape index (κ2) is 10.2. The molecular weight excluding hydrogens is 376 g/mol. The van der Waals surface area contributed by atoms with Gasteiger partial charge in [0, 0.05) is 38.1 Å². The molecule has 7 heteroatoms. The molecule has 3 N–H and O–H groups in total. The number of primary amides is 1. The van der Waals surface area contributed by atoms with Crippen molar-refractivity contribution in [3.05, 3.63) is 30.1 Å². The topological polar surface area (TPSA) is 87.4 Å². The summed E-state index contributed by atoms with van der Waals surface area (Å²) >= 11 is 0. The first-order chi connectivity index (χ1) is 14.4. The average molecular weight is 413 g/mol. The molecule has 2 aromatic rings. The third-order valence-corrected chi connectivity index (χ3v) is 6.01. The minimum absolute atomic E-state index is 0.0678. The van der Waals surface area contributed by atoms with Crippen LogP contribution in [0, 0.1) is 11.8 Å². The predicted molar refractivity (Wildman–Crippen MR) is 122 cm³/mol. The van der Waals surface area contributed by atoms with Crippen LogP contribution in [0.5, 0.6) is 0 Å². The molecule has 2 heterocycles. The monoisotopic (exact) mass is 412 g/mol. The highest BCUT2D eigenvalue weighted by Crippen LogP contribution is 2.23. The van der Waals surface area contributed by atoms with Gasteiger partial charge in [-0.1, -0.05) is 46.2 Å². The van der Waals surface area contributed by atoms with E-state index in [4.69, 9.17) is 15.7 Å². The van der Waals surface area contributed by atoms with E-state index < -0.39 is 6.04 Å². The average Bonchev–Trinajstić information content (AvgIpc) is 2.72. The van der Waals surface area contributed by atoms with E-state index in [1.807, 2.05) is 38.1 Å². The lowest BCUT2D eigenvalue weighted by Crippen LogP contribution is -2.47. The largest absolute Gasteiger partial charge is 0.368 e. The fourth-order valence-electron chi connectivity index (χ4n) is 3.92. The summed E-state index contributed by atoms with van der Waals surface area (Å²) in [5.74, 6) is 1.90. The number of nitrogens with one attached hydrogen (secondary N) is 1. The van der Waals surface area contributed by atoms with Crippen LogP contribution in [0.4, 0.5) is 5.82 Å². The van der Waals surface area contributed by atoms with Gasteiger partial charge in [-0.3, -0.25) is 9.69 Å². The number of hydrogen-bond acceptors (Lipinski definition) is 6. The van der Waals surface area contributed by atoms with Crippen LogP contribution in [0.1, 0.15) is 39.9 Å². The summed E-state index contributed by atoms with van der Waals surface area (Å²) in [6.45, 7) is 14.6. The first-order valence-electron chi connectivity index (χ1n) is 11.1. The molecule has 1 amide bonds. The lowest BCUT2D eigenvalue weighted by molar-refractivity contribution is -0.119. The number of piperazine rings is 1. The second-order valence-corrected chi connectivity index (χ2v) is 8.86. The zero-order chi connectivity index (χ0) is 21.7. The molecule has 3 rings (SSSR count). The van der Waals surface area contributed by atoms with Crippen molar-refractivity contribution in [2.45, 2.75) is 46.7 Å². The predicted octanol–water partition coefficient (Wildman–Crippen LogP) is 2.72. The summed E-state index contributed by atoms with van der Waals surface area (Å²) in [5, 5.41) is 4.19. The first kappa shape index (κ1) is 22.4. The normalized spacial score (nSPS) is 17.9. The van der Waals surface area contributed by atoms with Crippen LogP contribution in [-0.4, -0.2) is 64.4 Å². The van der Waals surface area contributed by atoms with E-state index in [-0.39, 0.29) is 11.8 Å². The van der Waals surface area contributed by atoms with Crippen LogP contribution in [0.25, 0.3) is 10.9 Å². The zero-order valence-electron chi connectivity index (χ0n) is 18.8. The van der Waals surface area contributed by atoms with Crippen molar-refractivity contribution in [3.63, 3.8) is 0 Å². The molecule has 0 bridgehead atoms. The number of fused-ring (bicyclic) bond motifs is 1. The number of anilines is 1. The SMILES string of the molecule is CCC(C)CN1CCN(Cc2nc(N[C@H](C(N)=O)C(C)C)c3ccccc3n2)CC1. The molecule has 164 valence electrons. The van der Waals surface area contributed by atoms with Crippen LogP contribution in [0.2, 0.25) is 0 Å². The molecule has 1 fully saturated rings. The van der Waals surface area contributed by atoms with Gasteiger partial charge in [0.1, 0.15) is 17.7 Å². The lowest BCUT2D eigenvalue weighted by Gasteiger charge is -2.35. The van der Waals surface area contributed by atoms with Crippen molar-refractivity contribution in [1.82, 2.24) is 19.8 Å². The number of para-hydroxylation sites is 1. The molecule has 7 nitrogen and oxygen atoms in total. The number of nitrogens with two attached hydrogens (primary N) is 1. The Morgan fingerprint density at radius 2 is 1.77 bits per heavy atom. The van der Waals surface area contributed by atoms with Gasteiger partial charge < -0.3 is 16.0 Å². The summed E-state index contributed by atoms with van der Waals surface area (Å²) < 4.78 is 0. The molecule has 1 aliphatic heterocycles. The Morgan fingerprint density at radius 1 is 1.10 bits per heavy atom. The minimum atomic E-state index is -0.472. The Bertz CT molecular complexity index is 847. The number of amides is 1. The maximum absolute atomic E-state index is 11.9. The van der Waals surface area contributed by atoms with E-state index in [1.165, 1.54) is 13.0 Å². The smallest absolute Gasteiger partial charge is 0.240 e. The van der Waals surface area contributed by atoms with E-state index >= 15 is 0 Å². The second-order valence-electron chi connectivity index (χ2n) is 8.86. The number of hydrogen-bond donors (Lipinski definition) is 2. The quantitative estimate of drug-likeness (QED) is 0.658. The van der Waals surface area contributed by atoms with Crippen molar-refractivity contribution in [3.8, 4) is 0 Å². The van der Waals surface area contributed by atoms with E-state index in [0.29, 0.717) is 12.4 Å². The molecular formula is C23H36N6O. The number of benzene rings is 1. The lowest BCUT2D eigenvalue weighted by atomic mass is 10.0. The Labute approximate surface area is 180 Å². The molecule has 0 saturated carbocycles. The number of nitrogens with zero attached hydrogens (tertiary/aromatic N) is 4. The van der Waals surface area contributed by atoms with Crippen molar-refractivity contribution in [1.29, 1.82) is 0 Å². The molecule has 30 heavy (non-hydrogen) atoms. The Kier molecular flexibility index (Phi) is 7.61. The van der Waals surface area contributed by atoms with Gasteiger partial charge in [-0.25, -0.2) is 9.97 Å². The van der Waals surface area contributed by atoms with Crippen molar-refractivity contribution in [2.75, 3.05) is 38.0 Å². The highest BCUT2D eigenvalue weighted by atomic mass is 16.1. The van der Waals surface area contributed by atoms with E-state index in [1.54, 1.807) is 0 Å². The molecule has 0 spiro atoms. The number of carbonyl (C=O) groups is 1. The highest BCUT2D eigenvalue weighted by molar-refractivity contribution is 5.91. The molecule has 1 unspecified atom stereocenters. The van der Waals surface area contributed by atoms with E-state index in [0.717, 1.165) is 48.8 Å². The van der Waals surface area contributed by atoms with Gasteiger partial charge in [0.05, 0.1) is 12.1 Å². The fraction of sp³-hybridized carbons (Fsp3) is 0.609. The standard InChI is InChI=1S/C23H36N6O/c1-5-17(4)14-28-10-12-29(13-11-28)15-20-25-19-9-7-6-8-18(19)23(26-20)27-21(16(2)3)22(24)30/h6-9,16-17,21H,5,10-15H2,1-4H3,(H2,24,30)(H,25,26,27)/t17?,21-/m0/s1. The Hall–Kier alpha value is -2.25. The molecule has 1 aromatic heterocycles. The van der Waals surface area contributed by atoms with Crippen LogP contribution >= 0.6 is 0 Å². The van der Waals surface area contributed by atoms with Gasteiger partial charge in [-0.05, 0) is 24.0 Å². The van der Waals surface area contributed by atoms with Gasteiger partial charge in [-0.15, -0.1) is 0 Å². The van der Waals surface area contributed by atoms with Gasteiger partial charge in [0.2, 0.25) is 5.91 Å². The summed E-state index contributed by atoms with van der Waals surface area (Å²) in [6, 6.07) is 7.43. The van der Waals surface area contributed by atoms with Crippen LogP contribution in [0.15, 0.2) is 24.3 Å². The van der Waals surface area contributed by atoms with Crippen molar-refractivity contribution < 1.29 is 4.79 Å². The van der Waals surface area contributed by atoms with Gasteiger partial charge in [0.25, 0.3) is 0 Å². The Balaban J connectivity index is 1.75. The van der Waals surface area contributed by atoms with Crippen molar-refractivity contribution >= 4 is 22.6 Å². The molecule has 1 saturated heterocycles. The van der Waals surface area contributed by atoms with Crippen LogP contribution in [0.3, 0.4) is 0 Å². The number of carbonyl (C=O) groups excluding carboxylic acids is 1. The molecule has 1 aliphatic rings. The van der Waals surface area contributed by atoms with Crippen LogP contribution in [-0.2, 0) is 11.3 Å². The summed E-state index contributed by atoms with van der Waals surface area (Å²) in [7, 11) is 0. The van der Waals surface area contributed by atoms with Gasteiger partial charge >= 0.3 is 0 Å². The van der Waals surface area contributed by atoms with Crippen LogP contribution < -0.4 is 11.1 Å². The van der Waals surface area contributed by atoms with Crippen molar-refractivity contribution in [2.24, 2.45) is 17.6 Å². The number of rotatable bonds is 9. The van der Waals surface area contributed by atoms with E-state index in [2.05, 4.69) is 29.0 Å². The first-order valence-corrected chi connectivity index (χ1v) is 11.1. The summed E-state index contributed by atoms with van der Waals surface area (Å²) in [6.07, 6.45) is 1.23. The third-order valence-electron chi connectivity index (χ3n) is 6.01.